The highest BCUT2D eigenvalue weighted by atomic mass is 79.9. The molecule has 0 aliphatic carbocycles. The lowest BCUT2D eigenvalue weighted by atomic mass is 9.98. The average Bonchev–Trinajstić information content (AvgIpc) is 2.74. The van der Waals surface area contributed by atoms with E-state index in [4.69, 9.17) is 0 Å². The molecule has 6 heteroatoms. The molecule has 110 valence electrons. The summed E-state index contributed by atoms with van der Waals surface area (Å²) in [7, 11) is 0. The van der Waals surface area contributed by atoms with Crippen LogP contribution < -0.4 is 5.32 Å². The maximum absolute atomic E-state index is 12.8. The fourth-order valence-electron chi connectivity index (χ4n) is 2.44. The average molecular weight is 342 g/mol. The molecule has 1 saturated heterocycles. The molecule has 2 heterocycles. The second-order valence-corrected chi connectivity index (χ2v) is 6.73. The summed E-state index contributed by atoms with van der Waals surface area (Å²) < 4.78 is 2.79. The number of carbonyl (C=O) groups is 2. The third-order valence-corrected chi connectivity index (χ3v) is 4.12. The minimum Gasteiger partial charge on any atom is -0.352 e. The zero-order chi connectivity index (χ0) is 15.1. The molecule has 1 aliphatic heterocycles. The quantitative estimate of drug-likeness (QED) is 0.896. The predicted molar refractivity (Wildman–Crippen MR) is 80.6 cm³/mol. The van der Waals surface area contributed by atoms with Crippen LogP contribution in [0.4, 0.5) is 0 Å². The maximum atomic E-state index is 12.8. The van der Waals surface area contributed by atoms with Crippen LogP contribution in [-0.4, -0.2) is 39.9 Å². The van der Waals surface area contributed by atoms with Crippen molar-refractivity contribution in [2.75, 3.05) is 13.1 Å². The lowest BCUT2D eigenvalue weighted by molar-refractivity contribution is -0.133. The zero-order valence-corrected chi connectivity index (χ0v) is 13.8. The molecule has 0 spiro atoms. The normalized spacial score (nSPS) is 18.3. The molecule has 2 amide bonds. The summed E-state index contributed by atoms with van der Waals surface area (Å²) in [6, 6.07) is 1.99. The molecule has 0 aromatic carbocycles. The van der Waals surface area contributed by atoms with Gasteiger partial charge in [0.05, 0.1) is 0 Å². The fourth-order valence-corrected chi connectivity index (χ4v) is 2.87. The highest BCUT2D eigenvalue weighted by Crippen LogP contribution is 2.25. The van der Waals surface area contributed by atoms with Gasteiger partial charge in [-0.3, -0.25) is 9.59 Å². The van der Waals surface area contributed by atoms with Gasteiger partial charge in [-0.15, -0.1) is 0 Å². The summed E-state index contributed by atoms with van der Waals surface area (Å²) in [5.41, 5.74) is -0.219. The van der Waals surface area contributed by atoms with E-state index in [0.29, 0.717) is 18.8 Å². The standard InChI is InChI=1S/C14H20BrN3O2/c1-9(2)17-8-10(15)7-11(17)12(19)18-6-5-16-13(20)14(18,3)4/h7-9H,5-6H2,1-4H3,(H,16,20). The van der Waals surface area contributed by atoms with Crippen molar-refractivity contribution >= 4 is 27.7 Å². The number of piperazine rings is 1. The van der Waals surface area contributed by atoms with E-state index in [9.17, 15) is 9.59 Å². The van der Waals surface area contributed by atoms with E-state index in [1.54, 1.807) is 18.7 Å². The van der Waals surface area contributed by atoms with Crippen molar-refractivity contribution in [3.8, 4) is 0 Å². The van der Waals surface area contributed by atoms with Gasteiger partial charge >= 0.3 is 0 Å². The Kier molecular flexibility index (Phi) is 3.95. The number of nitrogens with one attached hydrogen (secondary N) is 1. The number of rotatable bonds is 2. The summed E-state index contributed by atoms with van der Waals surface area (Å²) in [6.07, 6.45) is 1.90. The summed E-state index contributed by atoms with van der Waals surface area (Å²) in [4.78, 5) is 26.4. The van der Waals surface area contributed by atoms with E-state index in [2.05, 4.69) is 21.2 Å². The highest BCUT2D eigenvalue weighted by Gasteiger charge is 2.41. The molecule has 0 atom stereocenters. The molecule has 2 rings (SSSR count). The van der Waals surface area contributed by atoms with Crippen LogP contribution in [0.25, 0.3) is 0 Å². The molecule has 20 heavy (non-hydrogen) atoms. The minimum absolute atomic E-state index is 0.107. The van der Waals surface area contributed by atoms with Crippen molar-refractivity contribution in [1.82, 2.24) is 14.8 Å². The Labute approximate surface area is 127 Å². The van der Waals surface area contributed by atoms with Gasteiger partial charge in [-0.25, -0.2) is 0 Å². The van der Waals surface area contributed by atoms with Crippen molar-refractivity contribution in [3.05, 3.63) is 22.4 Å². The molecule has 0 radical (unpaired) electrons. The number of aromatic nitrogens is 1. The Morgan fingerprint density at radius 1 is 1.45 bits per heavy atom. The summed E-state index contributed by atoms with van der Waals surface area (Å²) in [5, 5.41) is 2.80. The van der Waals surface area contributed by atoms with Crippen LogP contribution in [0.2, 0.25) is 0 Å². The van der Waals surface area contributed by atoms with E-state index in [1.807, 2.05) is 30.7 Å². The summed E-state index contributed by atoms with van der Waals surface area (Å²) >= 11 is 3.41. The van der Waals surface area contributed by atoms with Crippen LogP contribution in [0.15, 0.2) is 16.7 Å². The Balaban J connectivity index is 2.38. The smallest absolute Gasteiger partial charge is 0.271 e. The lowest BCUT2D eigenvalue weighted by Gasteiger charge is -2.41. The van der Waals surface area contributed by atoms with Gasteiger partial charge in [-0.2, -0.15) is 0 Å². The van der Waals surface area contributed by atoms with Gasteiger partial charge in [0.2, 0.25) is 5.91 Å². The molecule has 1 aromatic rings. The first-order valence-electron chi connectivity index (χ1n) is 6.72. The van der Waals surface area contributed by atoms with Crippen LogP contribution in [-0.2, 0) is 4.79 Å². The van der Waals surface area contributed by atoms with E-state index in [1.165, 1.54) is 0 Å². The van der Waals surface area contributed by atoms with E-state index in [0.717, 1.165) is 4.47 Å². The second kappa shape index (κ2) is 5.24. The van der Waals surface area contributed by atoms with E-state index >= 15 is 0 Å². The Bertz CT molecular complexity index is 549. The number of hydrogen-bond donors (Lipinski definition) is 1. The van der Waals surface area contributed by atoms with Crippen molar-refractivity contribution in [1.29, 1.82) is 0 Å². The van der Waals surface area contributed by atoms with Crippen molar-refractivity contribution in [2.45, 2.75) is 39.3 Å². The van der Waals surface area contributed by atoms with Crippen LogP contribution in [0.3, 0.4) is 0 Å². The molecule has 1 fully saturated rings. The van der Waals surface area contributed by atoms with Gasteiger partial charge in [0.15, 0.2) is 0 Å². The lowest BCUT2D eigenvalue weighted by Crippen LogP contribution is -2.63. The number of amides is 2. The van der Waals surface area contributed by atoms with Crippen LogP contribution in [0.5, 0.6) is 0 Å². The van der Waals surface area contributed by atoms with Crippen LogP contribution in [0.1, 0.15) is 44.2 Å². The zero-order valence-electron chi connectivity index (χ0n) is 12.2. The third-order valence-electron chi connectivity index (χ3n) is 3.69. The summed E-state index contributed by atoms with van der Waals surface area (Å²) in [6.45, 7) is 8.62. The molecule has 1 aromatic heterocycles. The monoisotopic (exact) mass is 341 g/mol. The SMILES string of the molecule is CC(C)n1cc(Br)cc1C(=O)N1CCNC(=O)C1(C)C. The molecule has 5 nitrogen and oxygen atoms in total. The van der Waals surface area contributed by atoms with Crippen LogP contribution in [0, 0.1) is 0 Å². The van der Waals surface area contributed by atoms with Gasteiger partial charge in [-0.1, -0.05) is 0 Å². The molecule has 1 N–H and O–H groups in total. The number of halogens is 1. The van der Waals surface area contributed by atoms with Gasteiger partial charge in [0, 0.05) is 29.8 Å². The fraction of sp³-hybridized carbons (Fsp3) is 0.571. The third kappa shape index (κ3) is 2.49. The van der Waals surface area contributed by atoms with Crippen molar-refractivity contribution in [2.24, 2.45) is 0 Å². The molecule has 0 saturated carbocycles. The molecular weight excluding hydrogens is 322 g/mol. The molecule has 1 aliphatic rings. The van der Waals surface area contributed by atoms with Crippen LogP contribution >= 0.6 is 15.9 Å². The van der Waals surface area contributed by atoms with Gasteiger partial charge in [-0.05, 0) is 49.7 Å². The largest absolute Gasteiger partial charge is 0.352 e. The first-order chi connectivity index (χ1) is 9.25. The number of nitrogens with zero attached hydrogens (tertiary/aromatic N) is 2. The van der Waals surface area contributed by atoms with Gasteiger partial charge in [0.1, 0.15) is 11.2 Å². The summed E-state index contributed by atoms with van der Waals surface area (Å²) in [5.74, 6) is -0.219. The first-order valence-corrected chi connectivity index (χ1v) is 7.52. The Hall–Kier alpha value is -1.30. The maximum Gasteiger partial charge on any atom is 0.271 e. The topological polar surface area (TPSA) is 54.3 Å². The number of carbonyl (C=O) groups excluding carboxylic acids is 2. The predicted octanol–water partition coefficient (Wildman–Crippen LogP) is 2.18. The highest BCUT2D eigenvalue weighted by molar-refractivity contribution is 9.10. The molecular formula is C14H20BrN3O2. The Morgan fingerprint density at radius 2 is 2.10 bits per heavy atom. The Morgan fingerprint density at radius 3 is 2.70 bits per heavy atom. The first kappa shape index (κ1) is 15.1. The van der Waals surface area contributed by atoms with Gasteiger partial charge < -0.3 is 14.8 Å². The second-order valence-electron chi connectivity index (χ2n) is 5.82. The van der Waals surface area contributed by atoms with Crippen molar-refractivity contribution in [3.63, 3.8) is 0 Å². The van der Waals surface area contributed by atoms with Gasteiger partial charge in [0.25, 0.3) is 5.91 Å². The molecule has 0 bridgehead atoms. The molecule has 0 unspecified atom stereocenters. The number of hydrogen-bond acceptors (Lipinski definition) is 2. The van der Waals surface area contributed by atoms with Crippen molar-refractivity contribution < 1.29 is 9.59 Å². The van der Waals surface area contributed by atoms with E-state index in [-0.39, 0.29) is 17.9 Å². The van der Waals surface area contributed by atoms with E-state index < -0.39 is 5.54 Å². The minimum atomic E-state index is -0.826.